The molecule has 0 spiro atoms. The lowest BCUT2D eigenvalue weighted by Gasteiger charge is -2.30. The predicted molar refractivity (Wildman–Crippen MR) is 233 cm³/mol. The topological polar surface area (TPSA) is 96.9 Å². The molecule has 0 aromatic carbocycles. The van der Waals surface area contributed by atoms with Crippen LogP contribution in [0.4, 0.5) is 0 Å². The van der Waals surface area contributed by atoms with Crippen molar-refractivity contribution in [1.29, 1.82) is 0 Å². The molecule has 0 aromatic heterocycles. The molecule has 0 aliphatic rings. The first-order chi connectivity index (χ1) is 26.6. The van der Waals surface area contributed by atoms with Crippen molar-refractivity contribution in [2.45, 2.75) is 238 Å². The lowest BCUT2D eigenvalue weighted by atomic mass is 10.0. The number of carbonyl (C=O) groups excluding carboxylic acids is 1. The molecule has 9 heteroatoms. The Morgan fingerprint density at radius 3 is 1.25 bits per heavy atom. The zero-order valence-electron chi connectivity index (χ0n) is 37.5. The highest BCUT2D eigenvalue weighted by atomic mass is 31.2. The minimum atomic E-state index is -4.54. The summed E-state index contributed by atoms with van der Waals surface area (Å²) in [5, 5.41) is 2.88. The summed E-state index contributed by atoms with van der Waals surface area (Å²) in [5.74, 6) is -0.0709. The van der Waals surface area contributed by atoms with Gasteiger partial charge >= 0.3 is 0 Å². The molecule has 0 aliphatic heterocycles. The van der Waals surface area contributed by atoms with Gasteiger partial charge in [-0.15, -0.1) is 0 Å². The third kappa shape index (κ3) is 44.4. The molecular weight excluding hydrogens is 707 g/mol. The summed E-state index contributed by atoms with van der Waals surface area (Å²) in [4.78, 5) is 25.2. The molecule has 0 bridgehead atoms. The summed E-state index contributed by atoms with van der Waals surface area (Å²) in [6, 6.07) is 0. The first kappa shape index (κ1) is 54.5. The number of phosphoric ester groups is 1. The molecule has 330 valence electrons. The number of hydrogen-bond acceptors (Lipinski definition) is 6. The summed E-state index contributed by atoms with van der Waals surface area (Å²) in [6.45, 7) is 5.87. The average molecular weight is 803 g/mol. The maximum atomic E-state index is 12.6. The van der Waals surface area contributed by atoms with E-state index in [2.05, 4.69) is 19.2 Å². The van der Waals surface area contributed by atoms with Gasteiger partial charge in [-0.1, -0.05) is 213 Å². The number of unbranched alkanes of at least 4 members (excludes halogenated alkanes) is 31. The van der Waals surface area contributed by atoms with Gasteiger partial charge in [0.1, 0.15) is 19.3 Å². The van der Waals surface area contributed by atoms with Crippen molar-refractivity contribution in [3.63, 3.8) is 0 Å². The molecule has 1 amide bonds. The van der Waals surface area contributed by atoms with E-state index in [1.54, 1.807) is 0 Å². The number of ether oxygens (including phenoxy) is 1. The van der Waals surface area contributed by atoms with E-state index in [4.69, 9.17) is 13.8 Å². The number of likely N-dealkylation sites (N-methyl/N-ethyl adjacent to an activating group) is 1. The summed E-state index contributed by atoms with van der Waals surface area (Å²) in [6.07, 6.45) is 42.9. The minimum Gasteiger partial charge on any atom is -0.756 e. The largest absolute Gasteiger partial charge is 0.756 e. The van der Waals surface area contributed by atoms with Crippen LogP contribution in [0.3, 0.4) is 0 Å². The van der Waals surface area contributed by atoms with Gasteiger partial charge in [-0.2, -0.15) is 0 Å². The fraction of sp³-hybridized carbons (Fsp3) is 0.978. The number of nitrogens with zero attached hydrogens (tertiary/aromatic N) is 1. The maximum absolute atomic E-state index is 12.6. The van der Waals surface area contributed by atoms with Crippen LogP contribution in [-0.2, 0) is 23.1 Å². The molecule has 0 aliphatic carbocycles. The van der Waals surface area contributed by atoms with Crippen molar-refractivity contribution in [1.82, 2.24) is 5.32 Å². The Bertz CT molecular complexity index is 855. The van der Waals surface area contributed by atoms with Gasteiger partial charge in [-0.25, -0.2) is 0 Å². The lowest BCUT2D eigenvalue weighted by Crippen LogP contribution is -2.39. The Hall–Kier alpha value is -0.500. The van der Waals surface area contributed by atoms with E-state index in [0.717, 1.165) is 32.1 Å². The molecule has 0 rings (SSSR count). The van der Waals surface area contributed by atoms with Crippen LogP contribution >= 0.6 is 7.82 Å². The number of amides is 1. The van der Waals surface area contributed by atoms with E-state index in [-0.39, 0.29) is 25.7 Å². The second-order valence-electron chi connectivity index (χ2n) is 17.6. The normalized spacial score (nSPS) is 13.6. The van der Waals surface area contributed by atoms with Gasteiger partial charge in [-0.05, 0) is 12.8 Å². The van der Waals surface area contributed by atoms with Gasteiger partial charge in [0, 0.05) is 19.6 Å². The molecule has 0 radical (unpaired) electrons. The van der Waals surface area contributed by atoms with Crippen molar-refractivity contribution >= 4 is 13.7 Å². The molecule has 0 heterocycles. The first-order valence-electron chi connectivity index (χ1n) is 23.9. The molecule has 0 fully saturated rings. The van der Waals surface area contributed by atoms with E-state index in [9.17, 15) is 14.3 Å². The van der Waals surface area contributed by atoms with E-state index < -0.39 is 13.9 Å². The van der Waals surface area contributed by atoms with Crippen molar-refractivity contribution in [3.05, 3.63) is 0 Å². The smallest absolute Gasteiger partial charge is 0.268 e. The van der Waals surface area contributed by atoms with Crippen LogP contribution in [0.1, 0.15) is 232 Å². The van der Waals surface area contributed by atoms with Crippen LogP contribution in [0.2, 0.25) is 0 Å². The molecule has 2 atom stereocenters. The fourth-order valence-electron chi connectivity index (χ4n) is 7.06. The standard InChI is InChI=1S/C46H95N2O6P/c1-6-8-10-12-14-16-18-20-22-23-24-26-28-30-32-34-36-38-41-52-44-45(54-55(50,51)53-42-40-48(3,4)5)43-47-46(49)39-37-35-33-31-29-27-25-21-19-17-15-13-11-9-7-2/h45H,6-44H2,1-5H3,(H-,47,49,50,51). The molecule has 0 aromatic rings. The van der Waals surface area contributed by atoms with E-state index in [1.807, 2.05) is 21.1 Å². The van der Waals surface area contributed by atoms with Crippen molar-refractivity contribution in [3.8, 4) is 0 Å². The Morgan fingerprint density at radius 2 is 0.891 bits per heavy atom. The Labute approximate surface area is 343 Å². The van der Waals surface area contributed by atoms with E-state index in [1.165, 1.54) is 180 Å². The number of carbonyl (C=O) groups is 1. The highest BCUT2D eigenvalue weighted by molar-refractivity contribution is 7.45. The second kappa shape index (κ2) is 40.3. The van der Waals surface area contributed by atoms with Crippen LogP contribution < -0.4 is 10.2 Å². The van der Waals surface area contributed by atoms with E-state index in [0.29, 0.717) is 24.1 Å². The van der Waals surface area contributed by atoms with Crippen LogP contribution in [-0.4, -0.2) is 70.5 Å². The molecular formula is C46H95N2O6P. The van der Waals surface area contributed by atoms with Crippen molar-refractivity contribution < 1.29 is 32.5 Å². The quantitative estimate of drug-likeness (QED) is 0.0374. The number of rotatable bonds is 45. The van der Waals surface area contributed by atoms with Gasteiger partial charge in [-0.3, -0.25) is 9.36 Å². The van der Waals surface area contributed by atoms with Gasteiger partial charge in [0.25, 0.3) is 7.82 Å². The zero-order valence-corrected chi connectivity index (χ0v) is 38.4. The van der Waals surface area contributed by atoms with Crippen LogP contribution in [0.5, 0.6) is 0 Å². The lowest BCUT2D eigenvalue weighted by molar-refractivity contribution is -0.870. The second-order valence-corrected chi connectivity index (χ2v) is 19.0. The Balaban J connectivity index is 4.09. The SMILES string of the molecule is CCCCCCCCCCCCCCCCCCCCOCC(CNC(=O)CCCCCCCCCCCCCCCCC)OP(=O)([O-])OCC[N+](C)(C)C. The van der Waals surface area contributed by atoms with Crippen molar-refractivity contribution in [2.75, 3.05) is 54.1 Å². The van der Waals surface area contributed by atoms with Gasteiger partial charge in [0.2, 0.25) is 5.91 Å². The Kier molecular flexibility index (Phi) is 39.9. The summed E-state index contributed by atoms with van der Waals surface area (Å²) < 4.78 is 29.6. The summed E-state index contributed by atoms with van der Waals surface area (Å²) >= 11 is 0. The highest BCUT2D eigenvalue weighted by Gasteiger charge is 2.21. The number of nitrogens with one attached hydrogen (secondary N) is 1. The third-order valence-corrected chi connectivity index (χ3v) is 11.8. The van der Waals surface area contributed by atoms with Gasteiger partial charge < -0.3 is 28.5 Å². The molecule has 2 unspecified atom stereocenters. The van der Waals surface area contributed by atoms with Crippen LogP contribution in [0, 0.1) is 0 Å². The van der Waals surface area contributed by atoms with Gasteiger partial charge in [0.15, 0.2) is 0 Å². The Morgan fingerprint density at radius 1 is 0.545 bits per heavy atom. The average Bonchev–Trinajstić information content (AvgIpc) is 3.13. The number of quaternary nitrogens is 1. The highest BCUT2D eigenvalue weighted by Crippen LogP contribution is 2.39. The monoisotopic (exact) mass is 803 g/mol. The van der Waals surface area contributed by atoms with E-state index >= 15 is 0 Å². The summed E-state index contributed by atoms with van der Waals surface area (Å²) in [7, 11) is 1.40. The van der Waals surface area contributed by atoms with Crippen molar-refractivity contribution in [2.24, 2.45) is 0 Å². The molecule has 1 N–H and O–H groups in total. The first-order valence-corrected chi connectivity index (χ1v) is 25.3. The molecule has 0 saturated carbocycles. The fourth-order valence-corrected chi connectivity index (χ4v) is 7.93. The molecule has 55 heavy (non-hydrogen) atoms. The van der Waals surface area contributed by atoms with Crippen LogP contribution in [0.15, 0.2) is 0 Å². The van der Waals surface area contributed by atoms with Gasteiger partial charge in [0.05, 0.1) is 27.7 Å². The maximum Gasteiger partial charge on any atom is 0.268 e. The zero-order chi connectivity index (χ0) is 40.6. The van der Waals surface area contributed by atoms with Crippen LogP contribution in [0.25, 0.3) is 0 Å². The minimum absolute atomic E-state index is 0.0444. The summed E-state index contributed by atoms with van der Waals surface area (Å²) in [5.41, 5.74) is 0. The number of hydrogen-bond donors (Lipinski definition) is 1. The predicted octanol–water partition coefficient (Wildman–Crippen LogP) is 13.0. The number of phosphoric acid groups is 1. The molecule has 8 nitrogen and oxygen atoms in total. The molecule has 0 saturated heterocycles. The third-order valence-electron chi connectivity index (χ3n) is 10.8.